The van der Waals surface area contributed by atoms with Crippen LogP contribution in [0.25, 0.3) is 0 Å². The molecular weight excluding hydrogens is 206 g/mol. The van der Waals surface area contributed by atoms with Crippen LogP contribution < -0.4 is 5.32 Å². The second kappa shape index (κ2) is 4.26. The Balaban J connectivity index is 2.04. The Bertz CT molecular complexity index is 473. The first-order chi connectivity index (χ1) is 7.63. The van der Waals surface area contributed by atoms with E-state index in [1.807, 2.05) is 19.9 Å². The number of anilines is 1. The predicted molar refractivity (Wildman–Crippen MR) is 57.9 cm³/mol. The van der Waals surface area contributed by atoms with Crippen molar-refractivity contribution in [2.75, 3.05) is 5.32 Å². The maximum Gasteiger partial charge on any atom is 0.223 e. The van der Waals surface area contributed by atoms with E-state index in [0.717, 1.165) is 11.4 Å². The number of aryl methyl sites for hydroxylation is 3. The van der Waals surface area contributed by atoms with Crippen molar-refractivity contribution in [3.8, 4) is 0 Å². The van der Waals surface area contributed by atoms with Crippen LogP contribution in [0.3, 0.4) is 0 Å². The van der Waals surface area contributed by atoms with Gasteiger partial charge in [-0.25, -0.2) is 9.97 Å². The van der Waals surface area contributed by atoms with E-state index in [2.05, 4.69) is 25.4 Å². The molecule has 0 bridgehead atoms. The van der Waals surface area contributed by atoms with Crippen molar-refractivity contribution in [2.24, 2.45) is 0 Å². The molecule has 0 aliphatic heterocycles. The monoisotopic (exact) mass is 219 g/mol. The Kier molecular flexibility index (Phi) is 2.80. The van der Waals surface area contributed by atoms with Crippen LogP contribution in [-0.4, -0.2) is 20.1 Å². The van der Waals surface area contributed by atoms with Crippen molar-refractivity contribution in [1.82, 2.24) is 20.1 Å². The number of nitrogens with zero attached hydrogens (tertiary/aromatic N) is 4. The molecule has 84 valence electrons. The van der Waals surface area contributed by atoms with E-state index in [4.69, 9.17) is 4.52 Å². The third kappa shape index (κ3) is 2.53. The molecule has 2 aromatic heterocycles. The van der Waals surface area contributed by atoms with Gasteiger partial charge in [0.2, 0.25) is 11.8 Å². The van der Waals surface area contributed by atoms with Gasteiger partial charge in [-0.2, -0.15) is 4.98 Å². The normalized spacial score (nSPS) is 10.4. The molecule has 0 fully saturated rings. The van der Waals surface area contributed by atoms with Crippen LogP contribution in [0.1, 0.15) is 23.1 Å². The van der Waals surface area contributed by atoms with Crippen molar-refractivity contribution in [3.05, 3.63) is 29.2 Å². The van der Waals surface area contributed by atoms with Gasteiger partial charge in [0, 0.05) is 18.3 Å². The fourth-order valence-electron chi connectivity index (χ4n) is 1.38. The van der Waals surface area contributed by atoms with Crippen molar-refractivity contribution < 1.29 is 4.52 Å². The average Bonchev–Trinajstić information content (AvgIpc) is 2.60. The summed E-state index contributed by atoms with van der Waals surface area (Å²) in [6.07, 6.45) is 0. The first-order valence-corrected chi connectivity index (χ1v) is 4.99. The highest BCUT2D eigenvalue weighted by Crippen LogP contribution is 2.05. The molecule has 0 saturated heterocycles. The lowest BCUT2D eigenvalue weighted by molar-refractivity contribution is 0.388. The second-order valence-corrected chi connectivity index (χ2v) is 3.56. The van der Waals surface area contributed by atoms with Crippen molar-refractivity contribution in [3.63, 3.8) is 0 Å². The Morgan fingerprint density at radius 2 is 1.81 bits per heavy atom. The van der Waals surface area contributed by atoms with E-state index in [9.17, 15) is 0 Å². The lowest BCUT2D eigenvalue weighted by atomic mass is 10.4. The van der Waals surface area contributed by atoms with Crippen molar-refractivity contribution >= 4 is 5.95 Å². The highest BCUT2D eigenvalue weighted by atomic mass is 16.5. The molecule has 0 saturated carbocycles. The third-order valence-electron chi connectivity index (χ3n) is 1.96. The van der Waals surface area contributed by atoms with Crippen LogP contribution in [-0.2, 0) is 6.54 Å². The molecule has 2 heterocycles. The van der Waals surface area contributed by atoms with Gasteiger partial charge in [-0.1, -0.05) is 5.16 Å². The van der Waals surface area contributed by atoms with E-state index < -0.39 is 0 Å². The van der Waals surface area contributed by atoms with Crippen LogP contribution in [0.15, 0.2) is 10.6 Å². The molecule has 0 aliphatic rings. The van der Waals surface area contributed by atoms with E-state index in [1.165, 1.54) is 0 Å². The minimum Gasteiger partial charge on any atom is -0.347 e. The molecule has 0 unspecified atom stereocenters. The number of rotatable bonds is 3. The van der Waals surface area contributed by atoms with Gasteiger partial charge in [-0.05, 0) is 19.9 Å². The van der Waals surface area contributed by atoms with E-state index in [-0.39, 0.29) is 0 Å². The van der Waals surface area contributed by atoms with E-state index in [1.54, 1.807) is 6.92 Å². The molecule has 16 heavy (non-hydrogen) atoms. The summed E-state index contributed by atoms with van der Waals surface area (Å²) in [7, 11) is 0. The fraction of sp³-hybridized carbons (Fsp3) is 0.400. The van der Waals surface area contributed by atoms with E-state index in [0.29, 0.717) is 24.2 Å². The zero-order valence-corrected chi connectivity index (χ0v) is 9.48. The smallest absolute Gasteiger partial charge is 0.223 e. The molecule has 0 aromatic carbocycles. The molecule has 0 aliphatic carbocycles. The Morgan fingerprint density at radius 1 is 1.12 bits per heavy atom. The molecule has 0 atom stereocenters. The van der Waals surface area contributed by atoms with Crippen molar-refractivity contribution in [1.29, 1.82) is 0 Å². The molecule has 0 spiro atoms. The Labute approximate surface area is 93.1 Å². The Morgan fingerprint density at radius 3 is 2.38 bits per heavy atom. The average molecular weight is 219 g/mol. The molecule has 0 radical (unpaired) electrons. The topological polar surface area (TPSA) is 76.7 Å². The maximum atomic E-state index is 4.86. The lowest BCUT2D eigenvalue weighted by Crippen LogP contribution is -2.06. The zero-order valence-electron chi connectivity index (χ0n) is 9.48. The number of hydrogen-bond acceptors (Lipinski definition) is 6. The quantitative estimate of drug-likeness (QED) is 0.840. The number of nitrogens with one attached hydrogen (secondary N) is 1. The van der Waals surface area contributed by atoms with Crippen molar-refractivity contribution in [2.45, 2.75) is 27.3 Å². The molecule has 2 rings (SSSR count). The summed E-state index contributed by atoms with van der Waals surface area (Å²) in [4.78, 5) is 12.6. The largest absolute Gasteiger partial charge is 0.347 e. The summed E-state index contributed by atoms with van der Waals surface area (Å²) < 4.78 is 4.86. The summed E-state index contributed by atoms with van der Waals surface area (Å²) in [5, 5.41) is 6.82. The summed E-state index contributed by atoms with van der Waals surface area (Å²) in [5.41, 5.74) is 1.86. The van der Waals surface area contributed by atoms with E-state index >= 15 is 0 Å². The lowest BCUT2D eigenvalue weighted by Gasteiger charge is -2.03. The van der Waals surface area contributed by atoms with Gasteiger partial charge in [-0.3, -0.25) is 0 Å². The van der Waals surface area contributed by atoms with Gasteiger partial charge in [0.25, 0.3) is 0 Å². The predicted octanol–water partition coefficient (Wildman–Crippen LogP) is 1.40. The van der Waals surface area contributed by atoms with Crippen LogP contribution >= 0.6 is 0 Å². The van der Waals surface area contributed by atoms with Gasteiger partial charge in [-0.15, -0.1) is 0 Å². The highest BCUT2D eigenvalue weighted by Gasteiger charge is 2.03. The maximum absolute atomic E-state index is 4.86. The Hall–Kier alpha value is -1.98. The van der Waals surface area contributed by atoms with Gasteiger partial charge >= 0.3 is 0 Å². The standard InChI is InChI=1S/C10H13N5O/c1-6-4-7(2)13-10(12-6)11-5-9-14-8(3)16-15-9/h4H,5H2,1-3H3,(H,11,12,13). The molecule has 0 amide bonds. The summed E-state index contributed by atoms with van der Waals surface area (Å²) in [6.45, 7) is 6.07. The van der Waals surface area contributed by atoms with Crippen LogP contribution in [0.4, 0.5) is 5.95 Å². The first-order valence-electron chi connectivity index (χ1n) is 4.99. The van der Waals surface area contributed by atoms with Gasteiger partial charge in [0.1, 0.15) is 0 Å². The number of hydrogen-bond donors (Lipinski definition) is 1. The molecule has 1 N–H and O–H groups in total. The van der Waals surface area contributed by atoms with Crippen LogP contribution in [0, 0.1) is 20.8 Å². The zero-order chi connectivity index (χ0) is 11.5. The molecule has 6 nitrogen and oxygen atoms in total. The summed E-state index contributed by atoms with van der Waals surface area (Å²) in [6, 6.07) is 1.92. The minimum absolute atomic E-state index is 0.459. The first kappa shape index (κ1) is 10.5. The van der Waals surface area contributed by atoms with Crippen LogP contribution in [0.5, 0.6) is 0 Å². The van der Waals surface area contributed by atoms with Crippen LogP contribution in [0.2, 0.25) is 0 Å². The minimum atomic E-state index is 0.459. The number of aromatic nitrogens is 4. The SMILES string of the molecule is Cc1cc(C)nc(NCc2noc(C)n2)n1. The summed E-state index contributed by atoms with van der Waals surface area (Å²) >= 11 is 0. The van der Waals surface area contributed by atoms with Gasteiger partial charge in [0.15, 0.2) is 5.82 Å². The van der Waals surface area contributed by atoms with Gasteiger partial charge < -0.3 is 9.84 Å². The fourth-order valence-corrected chi connectivity index (χ4v) is 1.38. The molecule has 2 aromatic rings. The second-order valence-electron chi connectivity index (χ2n) is 3.56. The highest BCUT2D eigenvalue weighted by molar-refractivity contribution is 5.27. The third-order valence-corrected chi connectivity index (χ3v) is 1.96. The van der Waals surface area contributed by atoms with Gasteiger partial charge in [0.05, 0.1) is 6.54 Å². The summed E-state index contributed by atoms with van der Waals surface area (Å²) in [5.74, 6) is 1.73. The molecular formula is C10H13N5O. The molecule has 6 heteroatoms.